The molecule has 0 spiro atoms. The van der Waals surface area contributed by atoms with E-state index in [9.17, 15) is 19.5 Å². The summed E-state index contributed by atoms with van der Waals surface area (Å²) in [4.78, 5) is 36.2. The van der Waals surface area contributed by atoms with Gasteiger partial charge in [-0.2, -0.15) is 0 Å². The third-order valence-electron chi connectivity index (χ3n) is 4.77. The highest BCUT2D eigenvalue weighted by molar-refractivity contribution is 8.00. The molecule has 1 fully saturated rings. The molecule has 7 heteroatoms. The van der Waals surface area contributed by atoms with E-state index >= 15 is 0 Å². The van der Waals surface area contributed by atoms with Crippen LogP contribution in [-0.2, 0) is 14.4 Å². The van der Waals surface area contributed by atoms with E-state index in [0.29, 0.717) is 18.5 Å². The number of carbonyl (C=O) groups is 3. The van der Waals surface area contributed by atoms with Crippen LogP contribution < -0.4 is 10.6 Å². The monoisotopic (exact) mass is 392 g/mol. The number of thioether (sulfide) groups is 1. The van der Waals surface area contributed by atoms with E-state index in [-0.39, 0.29) is 23.1 Å². The Balaban J connectivity index is 1.94. The second-order valence-electron chi connectivity index (χ2n) is 7.02. The van der Waals surface area contributed by atoms with Crippen LogP contribution in [-0.4, -0.2) is 34.2 Å². The molecular formula is C20H28N2O4S. The molecule has 1 aromatic rings. The summed E-state index contributed by atoms with van der Waals surface area (Å²) < 4.78 is 0. The molecule has 3 atom stereocenters. The molecule has 0 bridgehead atoms. The molecule has 27 heavy (non-hydrogen) atoms. The van der Waals surface area contributed by atoms with Crippen molar-refractivity contribution in [2.24, 2.45) is 5.92 Å². The first kappa shape index (κ1) is 21.3. The van der Waals surface area contributed by atoms with E-state index in [1.54, 1.807) is 12.1 Å². The van der Waals surface area contributed by atoms with Gasteiger partial charge in [0.05, 0.1) is 11.2 Å². The molecule has 148 valence electrons. The molecule has 0 heterocycles. The second kappa shape index (κ2) is 10.3. The van der Waals surface area contributed by atoms with Crippen molar-refractivity contribution >= 4 is 35.2 Å². The van der Waals surface area contributed by atoms with E-state index in [1.165, 1.54) is 18.7 Å². The minimum absolute atomic E-state index is 0.129. The van der Waals surface area contributed by atoms with Gasteiger partial charge in [0.2, 0.25) is 11.8 Å². The molecular weight excluding hydrogens is 364 g/mol. The predicted molar refractivity (Wildman–Crippen MR) is 107 cm³/mol. The molecule has 0 saturated heterocycles. The Morgan fingerprint density at radius 3 is 2.30 bits per heavy atom. The summed E-state index contributed by atoms with van der Waals surface area (Å²) in [5.74, 6) is -1.60. The summed E-state index contributed by atoms with van der Waals surface area (Å²) in [6.45, 7) is 3.27. The van der Waals surface area contributed by atoms with Gasteiger partial charge in [0.25, 0.3) is 0 Å². The molecule has 0 radical (unpaired) electrons. The Bertz CT molecular complexity index is 662. The minimum Gasteiger partial charge on any atom is -0.481 e. The average Bonchev–Trinajstić information content (AvgIpc) is 2.58. The van der Waals surface area contributed by atoms with Crippen LogP contribution in [0.25, 0.3) is 0 Å². The first-order chi connectivity index (χ1) is 12.9. The van der Waals surface area contributed by atoms with Gasteiger partial charge in [0.1, 0.15) is 0 Å². The number of benzene rings is 1. The van der Waals surface area contributed by atoms with Crippen molar-refractivity contribution in [3.8, 4) is 0 Å². The van der Waals surface area contributed by atoms with Crippen molar-refractivity contribution in [2.45, 2.75) is 68.6 Å². The van der Waals surface area contributed by atoms with E-state index < -0.39 is 11.9 Å². The van der Waals surface area contributed by atoms with Crippen molar-refractivity contribution in [1.82, 2.24) is 5.32 Å². The number of carbonyl (C=O) groups excluding carboxylic acids is 2. The number of rotatable bonds is 6. The lowest BCUT2D eigenvalue weighted by atomic mass is 9.86. The van der Waals surface area contributed by atoms with Gasteiger partial charge in [-0.3, -0.25) is 14.4 Å². The highest BCUT2D eigenvalue weighted by Gasteiger charge is 2.31. The number of anilines is 1. The summed E-state index contributed by atoms with van der Waals surface area (Å²) in [5.41, 5.74) is 0.711. The molecule has 1 aliphatic carbocycles. The van der Waals surface area contributed by atoms with Crippen molar-refractivity contribution in [2.75, 3.05) is 5.32 Å². The summed E-state index contributed by atoms with van der Waals surface area (Å²) >= 11 is 1.41. The molecule has 3 unspecified atom stereocenters. The number of hydrogen-bond acceptors (Lipinski definition) is 4. The van der Waals surface area contributed by atoms with E-state index in [0.717, 1.165) is 30.6 Å². The standard InChI is InChI=1S/C20H28N2O4S/c1-13(27-16-11-9-15(10-12-16)21-14(2)23)19(24)22-18-8-6-4-3-5-7-17(18)20(25)26/h9-13,17-18H,3-8H2,1-2H3,(H,21,23)(H,22,24)(H,25,26). The first-order valence-electron chi connectivity index (χ1n) is 9.44. The Kier molecular flexibility index (Phi) is 8.16. The summed E-state index contributed by atoms with van der Waals surface area (Å²) in [5, 5.41) is 14.9. The number of nitrogens with one attached hydrogen (secondary N) is 2. The van der Waals surface area contributed by atoms with Crippen LogP contribution in [0.5, 0.6) is 0 Å². The highest BCUT2D eigenvalue weighted by atomic mass is 32.2. The lowest BCUT2D eigenvalue weighted by Crippen LogP contribution is -2.46. The van der Waals surface area contributed by atoms with Gasteiger partial charge in [-0.1, -0.05) is 25.7 Å². The van der Waals surface area contributed by atoms with Gasteiger partial charge >= 0.3 is 5.97 Å². The van der Waals surface area contributed by atoms with Gasteiger partial charge < -0.3 is 15.7 Å². The quantitative estimate of drug-likeness (QED) is 0.642. The topological polar surface area (TPSA) is 95.5 Å². The zero-order valence-corrected chi connectivity index (χ0v) is 16.7. The van der Waals surface area contributed by atoms with Crippen LogP contribution in [0, 0.1) is 5.92 Å². The lowest BCUT2D eigenvalue weighted by molar-refractivity contribution is -0.143. The molecule has 2 amide bonds. The molecule has 1 saturated carbocycles. The minimum atomic E-state index is -0.823. The predicted octanol–water partition coefficient (Wildman–Crippen LogP) is 3.67. The van der Waals surface area contributed by atoms with Gasteiger partial charge in [-0.05, 0) is 44.0 Å². The van der Waals surface area contributed by atoms with Crippen LogP contribution in [0.15, 0.2) is 29.2 Å². The van der Waals surface area contributed by atoms with Gasteiger partial charge in [-0.15, -0.1) is 11.8 Å². The van der Waals surface area contributed by atoms with Crippen molar-refractivity contribution in [3.63, 3.8) is 0 Å². The maximum absolute atomic E-state index is 12.6. The SMILES string of the molecule is CC(=O)Nc1ccc(SC(C)C(=O)NC2CCCCCCC2C(=O)O)cc1. The maximum atomic E-state index is 12.6. The molecule has 0 aliphatic heterocycles. The molecule has 1 aliphatic rings. The number of carboxylic acid groups (broad SMARTS) is 1. The van der Waals surface area contributed by atoms with Crippen molar-refractivity contribution in [3.05, 3.63) is 24.3 Å². The Morgan fingerprint density at radius 2 is 1.70 bits per heavy atom. The highest BCUT2D eigenvalue weighted by Crippen LogP contribution is 2.27. The molecule has 6 nitrogen and oxygen atoms in total. The average molecular weight is 393 g/mol. The van der Waals surface area contributed by atoms with Gasteiger partial charge in [-0.25, -0.2) is 0 Å². The van der Waals surface area contributed by atoms with Gasteiger partial charge in [0, 0.05) is 23.5 Å². The van der Waals surface area contributed by atoms with Crippen LogP contribution in [0.3, 0.4) is 0 Å². The number of aliphatic carboxylic acids is 1. The second-order valence-corrected chi connectivity index (χ2v) is 8.43. The molecule has 2 rings (SSSR count). The molecule has 0 aromatic heterocycles. The zero-order valence-electron chi connectivity index (χ0n) is 15.9. The first-order valence-corrected chi connectivity index (χ1v) is 10.3. The smallest absolute Gasteiger partial charge is 0.308 e. The normalized spacial score (nSPS) is 21.4. The van der Waals surface area contributed by atoms with Crippen molar-refractivity contribution in [1.29, 1.82) is 0 Å². The molecule has 3 N–H and O–H groups in total. The van der Waals surface area contributed by atoms with E-state index in [2.05, 4.69) is 10.6 Å². The lowest BCUT2D eigenvalue weighted by Gasteiger charge is -2.28. The Morgan fingerprint density at radius 1 is 1.07 bits per heavy atom. The summed E-state index contributed by atoms with van der Waals surface area (Å²) in [7, 11) is 0. The fourth-order valence-corrected chi connectivity index (χ4v) is 4.21. The fraction of sp³-hybridized carbons (Fsp3) is 0.550. The maximum Gasteiger partial charge on any atom is 0.308 e. The van der Waals surface area contributed by atoms with Crippen molar-refractivity contribution < 1.29 is 19.5 Å². The fourth-order valence-electron chi connectivity index (χ4n) is 3.33. The third kappa shape index (κ3) is 6.90. The zero-order chi connectivity index (χ0) is 19.8. The summed E-state index contributed by atoms with van der Waals surface area (Å²) in [6, 6.07) is 7.00. The van der Waals surface area contributed by atoms with Crippen LogP contribution in [0.1, 0.15) is 52.4 Å². The number of carboxylic acids is 1. The molecule has 1 aromatic carbocycles. The van der Waals surface area contributed by atoms with Gasteiger partial charge in [0.15, 0.2) is 0 Å². The van der Waals surface area contributed by atoms with Crippen LogP contribution >= 0.6 is 11.8 Å². The summed E-state index contributed by atoms with van der Waals surface area (Å²) in [6.07, 6.45) is 5.32. The third-order valence-corrected chi connectivity index (χ3v) is 5.88. The number of hydrogen-bond donors (Lipinski definition) is 3. The Labute approximate surface area is 164 Å². The van der Waals surface area contributed by atoms with Crippen LogP contribution in [0.2, 0.25) is 0 Å². The number of amides is 2. The Hall–Kier alpha value is -2.02. The van der Waals surface area contributed by atoms with Crippen LogP contribution in [0.4, 0.5) is 5.69 Å². The largest absolute Gasteiger partial charge is 0.481 e. The van der Waals surface area contributed by atoms with E-state index in [1.807, 2.05) is 19.1 Å². The van der Waals surface area contributed by atoms with E-state index in [4.69, 9.17) is 0 Å².